The Balaban J connectivity index is 1.30. The van der Waals surface area contributed by atoms with Gasteiger partial charge in [0.1, 0.15) is 5.82 Å². The van der Waals surface area contributed by atoms with Crippen molar-refractivity contribution in [2.45, 2.75) is 39.2 Å². The van der Waals surface area contributed by atoms with Gasteiger partial charge < -0.3 is 9.47 Å². The van der Waals surface area contributed by atoms with Crippen LogP contribution in [0.1, 0.15) is 30.4 Å². The summed E-state index contributed by atoms with van der Waals surface area (Å²) in [7, 11) is 0. The van der Waals surface area contributed by atoms with E-state index >= 15 is 0 Å². The van der Waals surface area contributed by atoms with Crippen molar-refractivity contribution in [1.82, 2.24) is 14.5 Å². The van der Waals surface area contributed by atoms with E-state index in [1.165, 1.54) is 43.2 Å². The van der Waals surface area contributed by atoms with Crippen LogP contribution < -0.4 is 5.56 Å². The molecule has 4 rings (SSSR count). The van der Waals surface area contributed by atoms with Gasteiger partial charge in [-0.15, -0.1) is 0 Å². The van der Waals surface area contributed by atoms with Gasteiger partial charge in [-0.1, -0.05) is 23.7 Å². The van der Waals surface area contributed by atoms with E-state index in [9.17, 15) is 9.18 Å². The number of hydrogen-bond acceptors (Lipinski definition) is 3. The van der Waals surface area contributed by atoms with Crippen molar-refractivity contribution in [3.8, 4) is 0 Å². The van der Waals surface area contributed by atoms with E-state index in [0.717, 1.165) is 42.6 Å². The van der Waals surface area contributed by atoms with Crippen LogP contribution in [0.15, 0.2) is 47.4 Å². The van der Waals surface area contributed by atoms with Crippen LogP contribution in [-0.4, -0.2) is 34.1 Å². The first-order chi connectivity index (χ1) is 14.5. The maximum absolute atomic E-state index is 13.6. The number of halogens is 2. The second-order valence-corrected chi connectivity index (χ2v) is 8.70. The molecule has 2 aromatic heterocycles. The third-order valence-electron chi connectivity index (χ3n) is 6.23. The van der Waals surface area contributed by atoms with Crippen LogP contribution in [-0.2, 0) is 13.0 Å². The first kappa shape index (κ1) is 21.0. The van der Waals surface area contributed by atoms with Crippen LogP contribution in [0.4, 0.5) is 4.39 Å². The minimum atomic E-state index is -0.419. The lowest BCUT2D eigenvalue weighted by Gasteiger charge is -2.32. The third-order valence-corrected chi connectivity index (χ3v) is 6.64. The Labute approximate surface area is 181 Å². The molecule has 3 aromatic rings. The number of likely N-dealkylation sites (tertiary alicyclic amines) is 1. The summed E-state index contributed by atoms with van der Waals surface area (Å²) in [6, 6.07) is 10.9. The van der Waals surface area contributed by atoms with Gasteiger partial charge in [0.2, 0.25) is 0 Å². The van der Waals surface area contributed by atoms with Gasteiger partial charge in [0.15, 0.2) is 0 Å². The molecule has 0 N–H and O–H groups in total. The molecule has 0 bridgehead atoms. The monoisotopic (exact) mass is 427 g/mol. The smallest absolute Gasteiger partial charge is 0.251 e. The largest absolute Gasteiger partial charge is 0.305 e. The number of benzene rings is 1. The molecule has 0 radical (unpaired) electrons. The van der Waals surface area contributed by atoms with Gasteiger partial charge in [-0.2, -0.15) is 0 Å². The Kier molecular flexibility index (Phi) is 6.49. The highest BCUT2D eigenvalue weighted by Gasteiger charge is 2.19. The Morgan fingerprint density at radius 1 is 1.13 bits per heavy atom. The molecule has 0 atom stereocenters. The van der Waals surface area contributed by atoms with E-state index in [4.69, 9.17) is 11.6 Å². The maximum Gasteiger partial charge on any atom is 0.251 e. The lowest BCUT2D eigenvalue weighted by molar-refractivity contribution is 0.174. The zero-order chi connectivity index (χ0) is 21.1. The summed E-state index contributed by atoms with van der Waals surface area (Å²) in [6.45, 7) is 5.43. The van der Waals surface area contributed by atoms with Crippen LogP contribution in [0, 0.1) is 18.7 Å². The zero-order valence-electron chi connectivity index (χ0n) is 17.3. The Hall–Kier alpha value is -2.24. The summed E-state index contributed by atoms with van der Waals surface area (Å²) in [4.78, 5) is 18.8. The summed E-state index contributed by atoms with van der Waals surface area (Å²) < 4.78 is 15.3. The highest BCUT2D eigenvalue weighted by Crippen LogP contribution is 2.24. The third kappa shape index (κ3) is 4.90. The summed E-state index contributed by atoms with van der Waals surface area (Å²) in [5, 5.41) is 0.848. The van der Waals surface area contributed by atoms with Gasteiger partial charge in [-0.25, -0.2) is 4.39 Å². The van der Waals surface area contributed by atoms with E-state index < -0.39 is 5.82 Å². The van der Waals surface area contributed by atoms with Crippen LogP contribution in [0.25, 0.3) is 11.0 Å². The van der Waals surface area contributed by atoms with E-state index in [0.29, 0.717) is 17.6 Å². The first-order valence-corrected chi connectivity index (χ1v) is 11.0. The van der Waals surface area contributed by atoms with Gasteiger partial charge in [0, 0.05) is 30.2 Å². The van der Waals surface area contributed by atoms with Crippen molar-refractivity contribution in [2.24, 2.45) is 5.92 Å². The number of aromatic nitrogens is 2. The fraction of sp³-hybridized carbons (Fsp3) is 0.417. The molecule has 0 spiro atoms. The molecule has 1 saturated heterocycles. The fourth-order valence-electron chi connectivity index (χ4n) is 4.28. The van der Waals surface area contributed by atoms with Crippen LogP contribution >= 0.6 is 11.6 Å². The molecule has 30 heavy (non-hydrogen) atoms. The molecule has 0 unspecified atom stereocenters. The number of rotatable bonds is 6. The molecule has 4 nitrogen and oxygen atoms in total. The molecule has 1 aromatic carbocycles. The van der Waals surface area contributed by atoms with Gasteiger partial charge in [-0.3, -0.25) is 9.78 Å². The fourth-order valence-corrected chi connectivity index (χ4v) is 4.48. The zero-order valence-corrected chi connectivity index (χ0v) is 18.0. The molecule has 3 heterocycles. The number of piperidine rings is 1. The van der Waals surface area contributed by atoms with E-state index in [1.54, 1.807) is 10.6 Å². The van der Waals surface area contributed by atoms with Crippen molar-refractivity contribution in [3.63, 3.8) is 0 Å². The predicted molar refractivity (Wildman–Crippen MR) is 120 cm³/mol. The molecule has 1 aliphatic rings. The number of nitrogens with zero attached hydrogens (tertiary/aromatic N) is 3. The molecular weight excluding hydrogens is 401 g/mol. The summed E-state index contributed by atoms with van der Waals surface area (Å²) in [5.74, 6) is 0.303. The number of fused-ring (bicyclic) bond motifs is 1. The second-order valence-electron chi connectivity index (χ2n) is 8.29. The van der Waals surface area contributed by atoms with E-state index in [-0.39, 0.29) is 5.56 Å². The Morgan fingerprint density at radius 2 is 1.93 bits per heavy atom. The molecule has 1 fully saturated rings. The lowest BCUT2D eigenvalue weighted by Crippen LogP contribution is -2.37. The molecule has 1 aliphatic heterocycles. The summed E-state index contributed by atoms with van der Waals surface area (Å²) in [5.41, 5.74) is 3.53. The molecule has 0 aliphatic carbocycles. The SMILES string of the molecule is Cc1ccc(CCC2CCN(CCn3c(=O)ccc4ncc(F)cc43)CC2)cc1Cl. The second kappa shape index (κ2) is 9.27. The maximum atomic E-state index is 13.6. The van der Waals surface area contributed by atoms with Crippen molar-refractivity contribution >= 4 is 22.6 Å². The van der Waals surface area contributed by atoms with Crippen LogP contribution in [0.2, 0.25) is 5.02 Å². The van der Waals surface area contributed by atoms with Crippen molar-refractivity contribution in [1.29, 1.82) is 0 Å². The van der Waals surface area contributed by atoms with E-state index in [1.807, 2.05) is 6.92 Å². The standard InChI is InChI=1S/C24H27ClFN3O/c1-17-2-3-19(14-21(17)25)5-4-18-8-10-28(11-9-18)12-13-29-23-15-20(26)16-27-22(23)6-7-24(29)30/h2-3,6-7,14-16,18H,4-5,8-13H2,1H3. The molecule has 0 saturated carbocycles. The minimum absolute atomic E-state index is 0.110. The van der Waals surface area contributed by atoms with Gasteiger partial charge >= 0.3 is 0 Å². The van der Waals surface area contributed by atoms with Crippen LogP contribution in [0.5, 0.6) is 0 Å². The van der Waals surface area contributed by atoms with Gasteiger partial charge in [0.25, 0.3) is 5.56 Å². The molecule has 6 heteroatoms. The molecular formula is C24H27ClFN3O. The lowest BCUT2D eigenvalue weighted by atomic mass is 9.90. The number of aryl methyl sites for hydroxylation is 2. The molecule has 158 valence electrons. The number of pyridine rings is 2. The average molecular weight is 428 g/mol. The van der Waals surface area contributed by atoms with Crippen molar-refractivity contribution in [3.05, 3.63) is 74.9 Å². The topological polar surface area (TPSA) is 38.1 Å². The number of hydrogen-bond donors (Lipinski definition) is 0. The summed E-state index contributed by atoms with van der Waals surface area (Å²) >= 11 is 6.24. The highest BCUT2D eigenvalue weighted by molar-refractivity contribution is 6.31. The van der Waals surface area contributed by atoms with Crippen molar-refractivity contribution < 1.29 is 4.39 Å². The molecule has 0 amide bonds. The van der Waals surface area contributed by atoms with Gasteiger partial charge in [0.05, 0.1) is 17.2 Å². The average Bonchev–Trinajstić information content (AvgIpc) is 2.74. The highest BCUT2D eigenvalue weighted by atomic mass is 35.5. The Bertz CT molecular complexity index is 1090. The first-order valence-electron chi connectivity index (χ1n) is 10.6. The predicted octanol–water partition coefficient (Wildman–Crippen LogP) is 4.84. The van der Waals surface area contributed by atoms with E-state index in [2.05, 4.69) is 28.1 Å². The van der Waals surface area contributed by atoms with Crippen molar-refractivity contribution in [2.75, 3.05) is 19.6 Å². The summed E-state index contributed by atoms with van der Waals surface area (Å²) in [6.07, 6.45) is 5.77. The van der Waals surface area contributed by atoms with Crippen LogP contribution in [0.3, 0.4) is 0 Å². The Morgan fingerprint density at radius 3 is 2.70 bits per heavy atom. The minimum Gasteiger partial charge on any atom is -0.305 e. The quantitative estimate of drug-likeness (QED) is 0.564. The normalized spacial score (nSPS) is 15.7. The van der Waals surface area contributed by atoms with Gasteiger partial charge in [-0.05, 0) is 74.9 Å².